The van der Waals surface area contributed by atoms with Gasteiger partial charge in [0.2, 0.25) is 5.78 Å². The Morgan fingerprint density at radius 3 is 2.41 bits per heavy atom. The number of ketones is 1. The molecule has 0 spiro atoms. The predicted molar refractivity (Wildman–Crippen MR) is 85.1 cm³/mol. The van der Waals surface area contributed by atoms with E-state index in [0.717, 1.165) is 5.69 Å². The van der Waals surface area contributed by atoms with Gasteiger partial charge < -0.3 is 14.4 Å². The molecule has 0 N–H and O–H groups in total. The summed E-state index contributed by atoms with van der Waals surface area (Å²) in [5.74, 6) is -2.75. The number of ether oxygens (including phenoxy) is 1. The fraction of sp³-hybridized carbons (Fsp3) is 0.438. The zero-order valence-electron chi connectivity index (χ0n) is 12.9. The average Bonchev–Trinajstić information content (AvgIpc) is 2.51. The topological polar surface area (TPSA) is 63.7 Å². The Labute approximate surface area is 135 Å². The van der Waals surface area contributed by atoms with Crippen molar-refractivity contribution in [3.05, 3.63) is 29.3 Å². The lowest BCUT2D eigenvalue weighted by molar-refractivity contribution is -0.156. The van der Waals surface area contributed by atoms with Crippen molar-refractivity contribution in [2.24, 2.45) is 5.92 Å². The summed E-state index contributed by atoms with van der Waals surface area (Å²) in [5.41, 5.74) is 0.908. The van der Waals surface area contributed by atoms with Crippen molar-refractivity contribution < 1.29 is 19.1 Å². The summed E-state index contributed by atoms with van der Waals surface area (Å²) in [5, 5.41) is 0.632. The molecule has 0 radical (unpaired) electrons. The fourth-order valence-corrected chi connectivity index (χ4v) is 2.16. The highest BCUT2D eigenvalue weighted by atomic mass is 35.5. The maximum absolute atomic E-state index is 11.9. The molecule has 1 aromatic carbocycles. The van der Waals surface area contributed by atoms with Crippen molar-refractivity contribution in [3.63, 3.8) is 0 Å². The molecule has 0 amide bonds. The van der Waals surface area contributed by atoms with Gasteiger partial charge in [-0.25, -0.2) is 4.79 Å². The van der Waals surface area contributed by atoms with Gasteiger partial charge in [0, 0.05) is 23.8 Å². The molecule has 0 aliphatic heterocycles. The third-order valence-electron chi connectivity index (χ3n) is 3.47. The van der Waals surface area contributed by atoms with Crippen LogP contribution < -0.4 is 4.90 Å². The molecule has 120 valence electrons. The summed E-state index contributed by atoms with van der Waals surface area (Å²) in [6, 6.07) is 7.11. The number of Topliss-reactive ketones (excluding diaryl/α,β-unsaturated/α-hetero) is 1. The normalized spacial score (nSPS) is 13.1. The third kappa shape index (κ3) is 4.84. The second-order valence-electron chi connectivity index (χ2n) is 5.00. The van der Waals surface area contributed by atoms with Gasteiger partial charge in [0.25, 0.3) is 0 Å². The first-order chi connectivity index (χ1) is 10.4. The summed E-state index contributed by atoms with van der Waals surface area (Å²) in [4.78, 5) is 36.4. The summed E-state index contributed by atoms with van der Waals surface area (Å²) >= 11 is 5.85. The van der Waals surface area contributed by atoms with Gasteiger partial charge in [-0.05, 0) is 44.5 Å². The molecule has 0 aromatic heterocycles. The molecule has 0 aliphatic carbocycles. The number of aldehydes is 1. The van der Waals surface area contributed by atoms with E-state index >= 15 is 0 Å². The van der Waals surface area contributed by atoms with Crippen LogP contribution in [0.4, 0.5) is 5.69 Å². The molecule has 0 aliphatic rings. The second-order valence-corrected chi connectivity index (χ2v) is 5.44. The Bertz CT molecular complexity index is 529. The highest BCUT2D eigenvalue weighted by Gasteiger charge is 2.28. The maximum atomic E-state index is 11.9. The minimum Gasteiger partial charge on any atom is -0.460 e. The van der Waals surface area contributed by atoms with Crippen LogP contribution in [0.25, 0.3) is 0 Å². The summed E-state index contributed by atoms with van der Waals surface area (Å²) in [7, 11) is 1.85. The minimum absolute atomic E-state index is 0.108. The Hall–Kier alpha value is -1.88. The number of carbonyl (C=O) groups excluding carboxylic acids is 3. The highest BCUT2D eigenvalue weighted by molar-refractivity contribution is 6.37. The lowest BCUT2D eigenvalue weighted by Crippen LogP contribution is -2.35. The Morgan fingerprint density at radius 1 is 1.32 bits per heavy atom. The lowest BCUT2D eigenvalue weighted by atomic mass is 9.96. The van der Waals surface area contributed by atoms with Crippen LogP contribution in [0, 0.1) is 5.92 Å². The zero-order chi connectivity index (χ0) is 16.7. The van der Waals surface area contributed by atoms with Crippen molar-refractivity contribution in [3.8, 4) is 0 Å². The number of rotatable bonds is 8. The van der Waals surface area contributed by atoms with Crippen LogP contribution in [0.1, 0.15) is 20.3 Å². The SMILES string of the molecule is CCOC(=O)C(=O)C(C=O)CC(C)N(C)c1ccc(Cl)cc1. The average molecular weight is 326 g/mol. The number of nitrogens with zero attached hydrogens (tertiary/aromatic N) is 1. The smallest absolute Gasteiger partial charge is 0.375 e. The first-order valence-electron chi connectivity index (χ1n) is 7.05. The van der Waals surface area contributed by atoms with Crippen molar-refractivity contribution in [1.82, 2.24) is 0 Å². The molecule has 0 bridgehead atoms. The van der Waals surface area contributed by atoms with Crippen LogP contribution in [0.2, 0.25) is 5.02 Å². The van der Waals surface area contributed by atoms with Gasteiger partial charge in [0.15, 0.2) is 0 Å². The van der Waals surface area contributed by atoms with Crippen LogP contribution in [0.15, 0.2) is 24.3 Å². The van der Waals surface area contributed by atoms with Crippen LogP contribution in [-0.2, 0) is 19.1 Å². The van der Waals surface area contributed by atoms with Crippen molar-refractivity contribution in [1.29, 1.82) is 0 Å². The van der Waals surface area contributed by atoms with E-state index in [2.05, 4.69) is 4.74 Å². The number of hydrogen-bond acceptors (Lipinski definition) is 5. The van der Waals surface area contributed by atoms with E-state index in [4.69, 9.17) is 11.6 Å². The van der Waals surface area contributed by atoms with Gasteiger partial charge in [0.1, 0.15) is 6.29 Å². The molecule has 2 unspecified atom stereocenters. The van der Waals surface area contributed by atoms with E-state index in [1.54, 1.807) is 19.1 Å². The van der Waals surface area contributed by atoms with Gasteiger partial charge in [-0.2, -0.15) is 0 Å². The van der Waals surface area contributed by atoms with Crippen molar-refractivity contribution >= 4 is 35.3 Å². The minimum atomic E-state index is -0.996. The highest BCUT2D eigenvalue weighted by Crippen LogP contribution is 2.21. The first-order valence-corrected chi connectivity index (χ1v) is 7.43. The number of benzene rings is 1. The van der Waals surface area contributed by atoms with E-state index in [9.17, 15) is 14.4 Å². The molecule has 2 atom stereocenters. The van der Waals surface area contributed by atoms with Crippen molar-refractivity contribution in [2.45, 2.75) is 26.3 Å². The van der Waals surface area contributed by atoms with Crippen LogP contribution in [0.3, 0.4) is 0 Å². The fourth-order valence-electron chi connectivity index (χ4n) is 2.03. The number of anilines is 1. The lowest BCUT2D eigenvalue weighted by Gasteiger charge is -2.28. The second kappa shape index (κ2) is 8.54. The van der Waals surface area contributed by atoms with Gasteiger partial charge in [-0.1, -0.05) is 11.6 Å². The van der Waals surface area contributed by atoms with E-state index < -0.39 is 17.7 Å². The zero-order valence-corrected chi connectivity index (χ0v) is 13.7. The molecular weight excluding hydrogens is 306 g/mol. The Kier molecular flexibility index (Phi) is 7.05. The number of esters is 1. The maximum Gasteiger partial charge on any atom is 0.375 e. The molecule has 0 heterocycles. The van der Waals surface area contributed by atoms with E-state index in [0.29, 0.717) is 11.3 Å². The van der Waals surface area contributed by atoms with Gasteiger partial charge >= 0.3 is 5.97 Å². The summed E-state index contributed by atoms with van der Waals surface area (Å²) in [6.45, 7) is 3.60. The number of halogens is 1. The van der Waals surface area contributed by atoms with Gasteiger partial charge in [0.05, 0.1) is 12.5 Å². The van der Waals surface area contributed by atoms with E-state index in [-0.39, 0.29) is 19.1 Å². The largest absolute Gasteiger partial charge is 0.460 e. The molecule has 0 fully saturated rings. The van der Waals surface area contributed by atoms with E-state index in [1.807, 2.05) is 31.0 Å². The molecule has 1 rings (SSSR count). The number of hydrogen-bond donors (Lipinski definition) is 0. The van der Waals surface area contributed by atoms with Crippen LogP contribution in [0.5, 0.6) is 0 Å². The standard InChI is InChI=1S/C16H20ClNO4/c1-4-22-16(21)15(20)12(10-19)9-11(2)18(3)14-7-5-13(17)6-8-14/h5-8,10-12H,4,9H2,1-3H3. The molecular formula is C16H20ClNO4. The van der Waals surface area contributed by atoms with E-state index in [1.165, 1.54) is 0 Å². The third-order valence-corrected chi connectivity index (χ3v) is 3.72. The molecule has 5 nitrogen and oxygen atoms in total. The molecule has 22 heavy (non-hydrogen) atoms. The Balaban J connectivity index is 2.73. The summed E-state index contributed by atoms with van der Waals surface area (Å²) in [6.07, 6.45) is 0.742. The molecule has 6 heteroatoms. The monoisotopic (exact) mass is 325 g/mol. The Morgan fingerprint density at radius 2 is 1.91 bits per heavy atom. The molecule has 0 saturated carbocycles. The molecule has 1 aromatic rings. The van der Waals surface area contributed by atoms with Crippen LogP contribution in [-0.4, -0.2) is 37.7 Å². The summed E-state index contributed by atoms with van der Waals surface area (Å²) < 4.78 is 4.65. The van der Waals surface area contributed by atoms with Crippen molar-refractivity contribution in [2.75, 3.05) is 18.6 Å². The quantitative estimate of drug-likeness (QED) is 0.318. The van der Waals surface area contributed by atoms with Gasteiger partial charge in [-0.15, -0.1) is 0 Å². The van der Waals surface area contributed by atoms with Crippen LogP contribution >= 0.6 is 11.6 Å². The number of carbonyl (C=O) groups is 3. The predicted octanol–water partition coefficient (Wildman–Crippen LogP) is 2.50. The molecule has 0 saturated heterocycles. The first kappa shape index (κ1) is 18.2. The van der Waals surface area contributed by atoms with Gasteiger partial charge in [-0.3, -0.25) is 4.79 Å².